The summed E-state index contributed by atoms with van der Waals surface area (Å²) in [7, 11) is 0. The van der Waals surface area contributed by atoms with Crippen LogP contribution in [0.4, 0.5) is 0 Å². The van der Waals surface area contributed by atoms with Crippen molar-refractivity contribution in [3.8, 4) is 11.1 Å². The molecule has 1 saturated heterocycles. The molecule has 1 amide bonds. The molecule has 2 fully saturated rings. The smallest absolute Gasteiger partial charge is 0.257 e. The number of pyridine rings is 1. The average molecular weight is 415 g/mol. The van der Waals surface area contributed by atoms with Gasteiger partial charge < -0.3 is 9.88 Å². The maximum absolute atomic E-state index is 13.1. The van der Waals surface area contributed by atoms with Crippen molar-refractivity contribution in [3.05, 3.63) is 48.3 Å². The molecule has 7 heteroatoms. The first-order chi connectivity index (χ1) is 15.3. The van der Waals surface area contributed by atoms with Crippen LogP contribution in [-0.2, 0) is 6.42 Å². The van der Waals surface area contributed by atoms with Crippen LogP contribution in [0.25, 0.3) is 27.7 Å². The summed E-state index contributed by atoms with van der Waals surface area (Å²) in [5.41, 5.74) is 4.46. The molecule has 4 aromatic heterocycles. The van der Waals surface area contributed by atoms with Crippen molar-refractivity contribution in [1.29, 1.82) is 0 Å². The van der Waals surface area contributed by atoms with E-state index in [4.69, 9.17) is 4.98 Å². The van der Waals surface area contributed by atoms with Crippen LogP contribution in [0.3, 0.4) is 0 Å². The molecular formula is C24H26N6O. The fourth-order valence-electron chi connectivity index (χ4n) is 4.82. The van der Waals surface area contributed by atoms with Gasteiger partial charge in [0.1, 0.15) is 11.5 Å². The van der Waals surface area contributed by atoms with Crippen LogP contribution in [0.2, 0.25) is 0 Å². The van der Waals surface area contributed by atoms with E-state index in [0.717, 1.165) is 71.8 Å². The van der Waals surface area contributed by atoms with E-state index in [1.807, 2.05) is 29.6 Å². The molecule has 31 heavy (non-hydrogen) atoms. The third-order valence-corrected chi connectivity index (χ3v) is 6.88. The number of fused-ring (bicyclic) bond motifs is 2. The number of likely N-dealkylation sites (tertiary alicyclic amines) is 1. The minimum atomic E-state index is 0.0785. The number of amides is 1. The number of nitrogens with zero attached hydrogens (tertiary/aromatic N) is 5. The lowest BCUT2D eigenvalue weighted by atomic mass is 9.83. The first-order valence-electron chi connectivity index (χ1n) is 11.4. The molecule has 0 aromatic carbocycles. The summed E-state index contributed by atoms with van der Waals surface area (Å²) in [6, 6.07) is 4.08. The zero-order chi connectivity index (χ0) is 20.8. The minimum absolute atomic E-state index is 0.0785. The number of rotatable bonds is 4. The van der Waals surface area contributed by atoms with Crippen molar-refractivity contribution in [1.82, 2.24) is 29.5 Å². The highest BCUT2D eigenvalue weighted by Gasteiger charge is 2.22. The van der Waals surface area contributed by atoms with Gasteiger partial charge in [0.25, 0.3) is 5.91 Å². The molecule has 0 unspecified atom stereocenters. The first kappa shape index (κ1) is 18.5. The van der Waals surface area contributed by atoms with E-state index in [-0.39, 0.29) is 5.91 Å². The van der Waals surface area contributed by atoms with Crippen molar-refractivity contribution in [2.24, 2.45) is 5.92 Å². The third kappa shape index (κ3) is 3.28. The molecule has 1 N–H and O–H groups in total. The molecule has 6 rings (SSSR count). The molecule has 0 atom stereocenters. The lowest BCUT2D eigenvalue weighted by Crippen LogP contribution is -2.35. The van der Waals surface area contributed by atoms with Crippen molar-refractivity contribution in [2.45, 2.75) is 44.9 Å². The van der Waals surface area contributed by atoms with E-state index in [0.29, 0.717) is 5.56 Å². The molecular weight excluding hydrogens is 388 g/mol. The Balaban J connectivity index is 1.35. The highest BCUT2D eigenvalue weighted by molar-refractivity contribution is 6.02. The molecule has 2 aliphatic rings. The lowest BCUT2D eigenvalue weighted by Gasteiger charge is -2.26. The molecule has 1 aliphatic carbocycles. The van der Waals surface area contributed by atoms with Crippen molar-refractivity contribution in [2.75, 3.05) is 13.1 Å². The van der Waals surface area contributed by atoms with Crippen molar-refractivity contribution in [3.63, 3.8) is 0 Å². The Morgan fingerprint density at radius 1 is 1.13 bits per heavy atom. The predicted octanol–water partition coefficient (Wildman–Crippen LogP) is 4.24. The monoisotopic (exact) mass is 414 g/mol. The lowest BCUT2D eigenvalue weighted by molar-refractivity contribution is 0.0726. The molecule has 5 heterocycles. The topological polar surface area (TPSA) is 79.2 Å². The fourth-order valence-corrected chi connectivity index (χ4v) is 4.82. The summed E-state index contributed by atoms with van der Waals surface area (Å²) in [5.74, 6) is 1.74. The number of H-pyrrole nitrogens is 1. The van der Waals surface area contributed by atoms with Gasteiger partial charge in [-0.05, 0) is 42.9 Å². The molecule has 0 radical (unpaired) electrons. The van der Waals surface area contributed by atoms with E-state index in [9.17, 15) is 4.79 Å². The van der Waals surface area contributed by atoms with Gasteiger partial charge in [0.2, 0.25) is 0 Å². The van der Waals surface area contributed by atoms with E-state index >= 15 is 0 Å². The van der Waals surface area contributed by atoms with Crippen molar-refractivity contribution >= 4 is 22.5 Å². The van der Waals surface area contributed by atoms with Gasteiger partial charge in [-0.1, -0.05) is 19.3 Å². The van der Waals surface area contributed by atoms with Gasteiger partial charge in [0, 0.05) is 49.1 Å². The summed E-state index contributed by atoms with van der Waals surface area (Å²) in [6.45, 7) is 1.66. The summed E-state index contributed by atoms with van der Waals surface area (Å²) < 4.78 is 1.78. The second-order valence-corrected chi connectivity index (χ2v) is 8.91. The SMILES string of the molecule is O=C(c1cnn2ccc(-c3c[nH]c4nc(CC5CCC5)ncc34)cc12)N1CCCCC1. The summed E-state index contributed by atoms with van der Waals surface area (Å²) in [4.78, 5) is 27.8. The fraction of sp³-hybridized carbons (Fsp3) is 0.417. The molecule has 7 nitrogen and oxygen atoms in total. The maximum atomic E-state index is 13.1. The Bertz CT molecular complexity index is 1260. The van der Waals surface area contributed by atoms with Gasteiger partial charge in [-0.15, -0.1) is 0 Å². The van der Waals surface area contributed by atoms with E-state index < -0.39 is 0 Å². The zero-order valence-corrected chi connectivity index (χ0v) is 17.5. The van der Waals surface area contributed by atoms with Crippen LogP contribution in [0.15, 0.2) is 36.9 Å². The molecule has 1 saturated carbocycles. The second kappa shape index (κ2) is 7.48. The van der Waals surface area contributed by atoms with Gasteiger partial charge in [0.15, 0.2) is 0 Å². The molecule has 158 valence electrons. The van der Waals surface area contributed by atoms with Gasteiger partial charge >= 0.3 is 0 Å². The number of nitrogens with one attached hydrogen (secondary N) is 1. The van der Waals surface area contributed by atoms with Crippen LogP contribution in [-0.4, -0.2) is 48.5 Å². The molecule has 1 aliphatic heterocycles. The maximum Gasteiger partial charge on any atom is 0.257 e. The van der Waals surface area contributed by atoms with Crippen LogP contribution in [0.1, 0.15) is 54.7 Å². The Morgan fingerprint density at radius 2 is 2.00 bits per heavy atom. The van der Waals surface area contributed by atoms with Crippen LogP contribution < -0.4 is 0 Å². The molecule has 0 spiro atoms. The number of aromatic nitrogens is 5. The normalized spacial score (nSPS) is 17.4. The number of carbonyl (C=O) groups excluding carboxylic acids is 1. The molecule has 0 bridgehead atoms. The Hall–Kier alpha value is -3.22. The van der Waals surface area contributed by atoms with Gasteiger partial charge in [0.05, 0.1) is 17.3 Å². The van der Waals surface area contributed by atoms with Crippen molar-refractivity contribution < 1.29 is 4.79 Å². The van der Waals surface area contributed by atoms with Crippen LogP contribution in [0.5, 0.6) is 0 Å². The zero-order valence-electron chi connectivity index (χ0n) is 17.5. The number of hydrogen-bond acceptors (Lipinski definition) is 4. The highest BCUT2D eigenvalue weighted by Crippen LogP contribution is 2.31. The standard InChI is InChI=1S/C24H26N6O/c31-24(29-8-2-1-3-9-29)20-15-27-30-10-7-17(12-21(20)30)18-13-26-23-19(18)14-25-22(28-23)11-16-5-4-6-16/h7,10,12-16H,1-6,8-9,11H2,(H,25,26,28). The van der Waals surface area contributed by atoms with E-state index in [1.165, 1.54) is 25.7 Å². The molecule has 4 aromatic rings. The van der Waals surface area contributed by atoms with E-state index in [2.05, 4.69) is 21.1 Å². The van der Waals surface area contributed by atoms with Gasteiger partial charge in [-0.2, -0.15) is 5.10 Å². The predicted molar refractivity (Wildman–Crippen MR) is 119 cm³/mol. The number of aromatic amines is 1. The Morgan fingerprint density at radius 3 is 2.81 bits per heavy atom. The quantitative estimate of drug-likeness (QED) is 0.542. The minimum Gasteiger partial charge on any atom is -0.345 e. The highest BCUT2D eigenvalue weighted by atomic mass is 16.2. The third-order valence-electron chi connectivity index (χ3n) is 6.88. The largest absolute Gasteiger partial charge is 0.345 e. The van der Waals surface area contributed by atoms with Gasteiger partial charge in [-0.25, -0.2) is 14.5 Å². The van der Waals surface area contributed by atoms with E-state index in [1.54, 1.807) is 10.7 Å². The summed E-state index contributed by atoms with van der Waals surface area (Å²) >= 11 is 0. The number of carbonyl (C=O) groups is 1. The van der Waals surface area contributed by atoms with Gasteiger partial charge in [-0.3, -0.25) is 4.79 Å². The summed E-state index contributed by atoms with van der Waals surface area (Å²) in [6.07, 6.45) is 15.8. The number of hydrogen-bond donors (Lipinski definition) is 1. The Labute approximate surface area is 180 Å². The van der Waals surface area contributed by atoms with Crippen LogP contribution in [0, 0.1) is 5.92 Å². The number of piperidine rings is 1. The first-order valence-corrected chi connectivity index (χ1v) is 11.4. The van der Waals surface area contributed by atoms with Crippen LogP contribution >= 0.6 is 0 Å². The second-order valence-electron chi connectivity index (χ2n) is 8.91. The Kier molecular flexibility index (Phi) is 4.47. The average Bonchev–Trinajstić information content (AvgIpc) is 3.40. The summed E-state index contributed by atoms with van der Waals surface area (Å²) in [5, 5.41) is 5.41.